The second-order valence-corrected chi connectivity index (χ2v) is 9.01. The topological polar surface area (TPSA) is 73.3 Å². The smallest absolute Gasteiger partial charge is 0.230 e. The van der Waals surface area contributed by atoms with Crippen LogP contribution < -0.4 is 14.8 Å². The van der Waals surface area contributed by atoms with E-state index in [9.17, 15) is 4.79 Å². The highest BCUT2D eigenvalue weighted by molar-refractivity contribution is 9.10. The normalized spacial score (nSPS) is 12.6. The van der Waals surface area contributed by atoms with E-state index in [1.54, 1.807) is 11.8 Å². The summed E-state index contributed by atoms with van der Waals surface area (Å²) in [5.74, 6) is 2.00. The Labute approximate surface area is 178 Å². The number of anilines is 1. The van der Waals surface area contributed by atoms with Gasteiger partial charge in [0.25, 0.3) is 0 Å². The van der Waals surface area contributed by atoms with Crippen molar-refractivity contribution in [2.24, 2.45) is 0 Å². The lowest BCUT2D eigenvalue weighted by atomic mass is 10.1. The zero-order valence-electron chi connectivity index (χ0n) is 14.7. The fourth-order valence-electron chi connectivity index (χ4n) is 2.62. The highest BCUT2D eigenvalue weighted by Gasteiger charge is 2.17. The van der Waals surface area contributed by atoms with Gasteiger partial charge in [0.05, 0.1) is 6.42 Å². The van der Waals surface area contributed by atoms with Crippen LogP contribution in [0.5, 0.6) is 11.5 Å². The first kappa shape index (κ1) is 19.2. The summed E-state index contributed by atoms with van der Waals surface area (Å²) in [5, 5.41) is 11.5. The summed E-state index contributed by atoms with van der Waals surface area (Å²) in [7, 11) is 0. The number of fused-ring (bicyclic) bond motifs is 1. The zero-order chi connectivity index (χ0) is 19.3. The van der Waals surface area contributed by atoms with Crippen LogP contribution in [0, 0.1) is 0 Å². The molecule has 0 fully saturated rings. The summed E-state index contributed by atoms with van der Waals surface area (Å²) in [6.45, 7) is 1.04. The number of aromatic nitrogens is 2. The molecule has 2 aromatic carbocycles. The number of rotatable bonds is 6. The van der Waals surface area contributed by atoms with Crippen LogP contribution in [0.25, 0.3) is 0 Å². The number of hydrogen-bond acceptors (Lipinski definition) is 7. The van der Waals surface area contributed by atoms with Gasteiger partial charge in [0, 0.05) is 10.2 Å². The average molecular weight is 478 g/mol. The summed E-state index contributed by atoms with van der Waals surface area (Å²) in [4.78, 5) is 12.4. The first-order chi connectivity index (χ1) is 13.7. The molecular weight excluding hydrogens is 462 g/mol. The van der Waals surface area contributed by atoms with Gasteiger partial charge in [-0.05, 0) is 23.3 Å². The molecule has 4 rings (SSSR count). The van der Waals surface area contributed by atoms with Crippen molar-refractivity contribution in [3.8, 4) is 11.5 Å². The number of nitrogens with zero attached hydrogens (tertiary/aromatic N) is 2. The van der Waals surface area contributed by atoms with E-state index in [4.69, 9.17) is 9.47 Å². The molecule has 0 bridgehead atoms. The number of carbonyl (C=O) groups is 1. The van der Waals surface area contributed by atoms with Crippen LogP contribution in [-0.2, 0) is 17.0 Å². The second kappa shape index (κ2) is 8.93. The highest BCUT2D eigenvalue weighted by Crippen LogP contribution is 2.36. The van der Waals surface area contributed by atoms with Gasteiger partial charge in [-0.1, -0.05) is 69.4 Å². The van der Waals surface area contributed by atoms with Gasteiger partial charge in [-0.25, -0.2) is 0 Å². The number of thioether (sulfide) groups is 1. The molecule has 144 valence electrons. The predicted octanol–water partition coefficient (Wildman–Crippen LogP) is 4.55. The SMILES string of the molecule is O=C(Cc1cc2c(cc1Br)OCCO2)Nc1nnc(SCc2ccccc2)s1. The maximum absolute atomic E-state index is 12.4. The maximum Gasteiger partial charge on any atom is 0.230 e. The standard InChI is InChI=1S/C19H16BrN3O3S2/c20-14-10-16-15(25-6-7-26-16)8-13(14)9-17(24)21-18-22-23-19(28-18)27-11-12-4-2-1-3-5-12/h1-5,8,10H,6-7,9,11H2,(H,21,22,24). The van der Waals surface area contributed by atoms with Gasteiger partial charge in [0.2, 0.25) is 11.0 Å². The summed E-state index contributed by atoms with van der Waals surface area (Å²) in [6.07, 6.45) is 0.198. The van der Waals surface area contributed by atoms with Crippen molar-refractivity contribution in [3.63, 3.8) is 0 Å². The minimum atomic E-state index is -0.159. The number of nitrogens with one attached hydrogen (secondary N) is 1. The third kappa shape index (κ3) is 4.84. The molecule has 9 heteroatoms. The van der Waals surface area contributed by atoms with Crippen LogP contribution in [0.4, 0.5) is 5.13 Å². The number of ether oxygens (including phenoxy) is 2. The molecular formula is C19H16BrN3O3S2. The average Bonchev–Trinajstić information content (AvgIpc) is 3.15. The Morgan fingerprint density at radius 1 is 1.14 bits per heavy atom. The number of carbonyl (C=O) groups excluding carboxylic acids is 1. The lowest BCUT2D eigenvalue weighted by Crippen LogP contribution is -2.17. The van der Waals surface area contributed by atoms with Crippen molar-refractivity contribution in [1.82, 2.24) is 10.2 Å². The molecule has 0 aliphatic carbocycles. The minimum absolute atomic E-state index is 0.159. The molecule has 3 aromatic rings. The Kier molecular flexibility index (Phi) is 6.13. The van der Waals surface area contributed by atoms with Crippen LogP contribution in [0.1, 0.15) is 11.1 Å². The first-order valence-electron chi connectivity index (χ1n) is 8.55. The molecule has 0 spiro atoms. The number of halogens is 1. The lowest BCUT2D eigenvalue weighted by molar-refractivity contribution is -0.115. The molecule has 0 unspecified atom stereocenters. The third-order valence-corrected chi connectivity index (χ3v) is 6.70. The molecule has 0 radical (unpaired) electrons. The molecule has 28 heavy (non-hydrogen) atoms. The monoisotopic (exact) mass is 477 g/mol. The minimum Gasteiger partial charge on any atom is -0.486 e. The molecule has 0 atom stereocenters. The second-order valence-electron chi connectivity index (χ2n) is 5.96. The van der Waals surface area contributed by atoms with Crippen molar-refractivity contribution < 1.29 is 14.3 Å². The van der Waals surface area contributed by atoms with Crippen LogP contribution in [-0.4, -0.2) is 29.3 Å². The van der Waals surface area contributed by atoms with Gasteiger partial charge in [0.1, 0.15) is 13.2 Å². The Hall–Kier alpha value is -2.10. The largest absolute Gasteiger partial charge is 0.486 e. The Morgan fingerprint density at radius 2 is 1.89 bits per heavy atom. The van der Waals surface area contributed by atoms with Crippen molar-refractivity contribution in [1.29, 1.82) is 0 Å². The maximum atomic E-state index is 12.4. The first-order valence-corrected chi connectivity index (χ1v) is 11.1. The van der Waals surface area contributed by atoms with E-state index in [2.05, 4.69) is 43.6 Å². The van der Waals surface area contributed by atoms with E-state index in [0.29, 0.717) is 29.8 Å². The van der Waals surface area contributed by atoms with Crippen LogP contribution >= 0.6 is 39.0 Å². The van der Waals surface area contributed by atoms with Crippen molar-refractivity contribution in [2.45, 2.75) is 16.5 Å². The fraction of sp³-hybridized carbons (Fsp3) is 0.211. The molecule has 1 N–H and O–H groups in total. The van der Waals surface area contributed by atoms with Gasteiger partial charge < -0.3 is 14.8 Å². The predicted molar refractivity (Wildman–Crippen MR) is 113 cm³/mol. The highest BCUT2D eigenvalue weighted by atomic mass is 79.9. The lowest BCUT2D eigenvalue weighted by Gasteiger charge is -2.19. The molecule has 1 aromatic heterocycles. The molecule has 1 aliphatic heterocycles. The number of amides is 1. The molecule has 2 heterocycles. The van der Waals surface area contributed by atoms with Gasteiger partial charge in [-0.3, -0.25) is 4.79 Å². The van der Waals surface area contributed by atoms with Crippen molar-refractivity contribution in [2.75, 3.05) is 18.5 Å². The Morgan fingerprint density at radius 3 is 2.68 bits per heavy atom. The van der Waals surface area contributed by atoms with E-state index in [1.807, 2.05) is 30.3 Å². The third-order valence-electron chi connectivity index (χ3n) is 3.92. The van der Waals surface area contributed by atoms with E-state index in [-0.39, 0.29) is 12.3 Å². The van der Waals surface area contributed by atoms with Gasteiger partial charge in [0.15, 0.2) is 15.8 Å². The number of hydrogen-bond donors (Lipinski definition) is 1. The Bertz CT molecular complexity index is 982. The summed E-state index contributed by atoms with van der Waals surface area (Å²) < 4.78 is 12.8. The van der Waals surface area contributed by atoms with Crippen molar-refractivity contribution in [3.05, 3.63) is 58.1 Å². The van der Waals surface area contributed by atoms with E-state index in [0.717, 1.165) is 20.1 Å². The molecule has 6 nitrogen and oxygen atoms in total. The Balaban J connectivity index is 1.35. The van der Waals surface area contributed by atoms with Crippen molar-refractivity contribution >= 4 is 50.1 Å². The molecule has 1 amide bonds. The van der Waals surface area contributed by atoms with Crippen LogP contribution in [0.3, 0.4) is 0 Å². The van der Waals surface area contributed by atoms with Crippen LogP contribution in [0.15, 0.2) is 51.3 Å². The molecule has 1 aliphatic rings. The quantitative estimate of drug-likeness (QED) is 0.414. The van der Waals surface area contributed by atoms with Crippen LogP contribution in [0.2, 0.25) is 0 Å². The molecule has 0 saturated carbocycles. The van der Waals surface area contributed by atoms with E-state index in [1.165, 1.54) is 16.9 Å². The van der Waals surface area contributed by atoms with E-state index < -0.39 is 0 Å². The van der Waals surface area contributed by atoms with Gasteiger partial charge >= 0.3 is 0 Å². The number of benzene rings is 2. The van der Waals surface area contributed by atoms with E-state index >= 15 is 0 Å². The molecule has 0 saturated heterocycles. The fourth-order valence-corrected chi connectivity index (χ4v) is 4.80. The zero-order valence-corrected chi connectivity index (χ0v) is 17.9. The summed E-state index contributed by atoms with van der Waals surface area (Å²) in [5.41, 5.74) is 2.04. The summed E-state index contributed by atoms with van der Waals surface area (Å²) in [6, 6.07) is 13.8. The van der Waals surface area contributed by atoms with Gasteiger partial charge in [-0.2, -0.15) is 0 Å². The summed E-state index contributed by atoms with van der Waals surface area (Å²) >= 11 is 6.46. The van der Waals surface area contributed by atoms with Gasteiger partial charge in [-0.15, -0.1) is 10.2 Å².